The van der Waals surface area contributed by atoms with Crippen molar-refractivity contribution in [1.29, 1.82) is 0 Å². The molecule has 0 N–H and O–H groups in total. The second kappa shape index (κ2) is 6.50. The summed E-state index contributed by atoms with van der Waals surface area (Å²) >= 11 is 0. The van der Waals surface area contributed by atoms with E-state index in [1.807, 2.05) is 6.07 Å². The summed E-state index contributed by atoms with van der Waals surface area (Å²) in [6.07, 6.45) is 0. The van der Waals surface area contributed by atoms with Gasteiger partial charge in [-0.1, -0.05) is 47.6 Å². The topological polar surface area (TPSA) is 35.9 Å². The monoisotopic (exact) mass is 281 g/mol. The Morgan fingerprint density at radius 2 is 1.43 bits per heavy atom. The first-order chi connectivity index (χ1) is 10.4. The smallest absolute Gasteiger partial charge is 0.134 e. The van der Waals surface area contributed by atoms with Crippen molar-refractivity contribution < 1.29 is 0 Å². The van der Waals surface area contributed by atoms with Gasteiger partial charge in [0.2, 0.25) is 0 Å². The fraction of sp³-hybridized carbons (Fsp3) is 0.294. The van der Waals surface area contributed by atoms with Crippen LogP contribution in [-0.2, 0) is 0 Å². The van der Waals surface area contributed by atoms with Crippen LogP contribution >= 0.6 is 0 Å². The molecule has 0 spiro atoms. The molecule has 0 radical (unpaired) electrons. The minimum atomic E-state index is 0.306. The third-order valence-corrected chi connectivity index (χ3v) is 3.97. The Bertz CT molecular complexity index is 575. The van der Waals surface area contributed by atoms with Crippen molar-refractivity contribution in [2.24, 2.45) is 5.18 Å². The van der Waals surface area contributed by atoms with Crippen LogP contribution in [0.1, 0.15) is 0 Å². The van der Waals surface area contributed by atoms with Crippen LogP contribution in [0, 0.1) is 4.91 Å². The summed E-state index contributed by atoms with van der Waals surface area (Å²) in [4.78, 5) is 14.7. The Balaban J connectivity index is 1.67. The lowest BCUT2D eigenvalue weighted by atomic mass is 10.1. The van der Waals surface area contributed by atoms with E-state index in [-0.39, 0.29) is 0 Å². The number of rotatable bonds is 4. The van der Waals surface area contributed by atoms with Crippen LogP contribution in [-0.4, -0.2) is 37.7 Å². The number of nitroso groups, excluding NO2 is 1. The normalized spacial score (nSPS) is 15.9. The highest BCUT2D eigenvalue weighted by Gasteiger charge is 2.16. The largest absolute Gasteiger partial charge is 0.369 e. The second-order valence-electron chi connectivity index (χ2n) is 5.29. The lowest BCUT2D eigenvalue weighted by Gasteiger charge is -2.34. The minimum Gasteiger partial charge on any atom is -0.369 e. The molecule has 0 aromatic heterocycles. The highest BCUT2D eigenvalue weighted by Crippen LogP contribution is 2.23. The van der Waals surface area contributed by atoms with E-state index in [9.17, 15) is 4.91 Å². The molecule has 1 aliphatic heterocycles. The van der Waals surface area contributed by atoms with Gasteiger partial charge in [-0.3, -0.25) is 4.90 Å². The van der Waals surface area contributed by atoms with Crippen molar-refractivity contribution in [2.45, 2.75) is 0 Å². The van der Waals surface area contributed by atoms with E-state index in [2.05, 4.69) is 63.5 Å². The van der Waals surface area contributed by atoms with Crippen LogP contribution in [0.25, 0.3) is 11.1 Å². The summed E-state index contributed by atoms with van der Waals surface area (Å²) in [5.41, 5.74) is 3.72. The van der Waals surface area contributed by atoms with Crippen LogP contribution in [0.4, 0.5) is 5.69 Å². The van der Waals surface area contributed by atoms with Gasteiger partial charge in [0.1, 0.15) is 6.67 Å². The fourth-order valence-corrected chi connectivity index (χ4v) is 2.72. The average Bonchev–Trinajstić information content (AvgIpc) is 2.57. The molecule has 108 valence electrons. The maximum atomic E-state index is 10.3. The molecule has 2 aromatic rings. The SMILES string of the molecule is O=NCN1CCN(c2ccc(-c3ccccc3)cc2)CC1. The van der Waals surface area contributed by atoms with E-state index in [1.54, 1.807) is 0 Å². The van der Waals surface area contributed by atoms with Crippen molar-refractivity contribution >= 4 is 5.69 Å². The van der Waals surface area contributed by atoms with Crippen molar-refractivity contribution in [3.8, 4) is 11.1 Å². The van der Waals surface area contributed by atoms with Gasteiger partial charge in [0.15, 0.2) is 0 Å². The van der Waals surface area contributed by atoms with Gasteiger partial charge in [-0.15, -0.1) is 4.91 Å². The van der Waals surface area contributed by atoms with Gasteiger partial charge in [0.05, 0.1) is 0 Å². The minimum absolute atomic E-state index is 0.306. The molecule has 0 amide bonds. The fourth-order valence-electron chi connectivity index (χ4n) is 2.72. The molecule has 1 fully saturated rings. The van der Waals surface area contributed by atoms with E-state index in [4.69, 9.17) is 0 Å². The summed E-state index contributed by atoms with van der Waals surface area (Å²) < 4.78 is 0. The van der Waals surface area contributed by atoms with Gasteiger partial charge in [0, 0.05) is 31.9 Å². The molecule has 0 bridgehead atoms. The zero-order chi connectivity index (χ0) is 14.5. The van der Waals surface area contributed by atoms with Gasteiger partial charge >= 0.3 is 0 Å². The van der Waals surface area contributed by atoms with E-state index in [0.29, 0.717) is 6.67 Å². The predicted octanol–water partition coefficient (Wildman–Crippen LogP) is 3.20. The third-order valence-electron chi connectivity index (χ3n) is 3.97. The van der Waals surface area contributed by atoms with Crippen LogP contribution in [0.5, 0.6) is 0 Å². The van der Waals surface area contributed by atoms with Crippen LogP contribution < -0.4 is 4.90 Å². The van der Waals surface area contributed by atoms with E-state index >= 15 is 0 Å². The van der Waals surface area contributed by atoms with Gasteiger partial charge in [0.25, 0.3) is 0 Å². The van der Waals surface area contributed by atoms with Gasteiger partial charge in [-0.2, -0.15) is 0 Å². The Labute approximate surface area is 125 Å². The van der Waals surface area contributed by atoms with Gasteiger partial charge < -0.3 is 4.90 Å². The molecule has 3 rings (SSSR count). The summed E-state index contributed by atoms with van der Waals surface area (Å²) in [5, 5.41) is 2.96. The van der Waals surface area contributed by atoms with Crippen molar-refractivity contribution in [3.05, 3.63) is 59.5 Å². The summed E-state index contributed by atoms with van der Waals surface area (Å²) in [5.74, 6) is 0. The van der Waals surface area contributed by atoms with Crippen LogP contribution in [0.2, 0.25) is 0 Å². The molecular formula is C17H19N3O. The lowest BCUT2D eigenvalue weighted by Crippen LogP contribution is -2.46. The molecule has 1 aliphatic rings. The molecular weight excluding hydrogens is 262 g/mol. The van der Waals surface area contributed by atoms with Crippen molar-refractivity contribution in [3.63, 3.8) is 0 Å². The predicted molar refractivity (Wildman–Crippen MR) is 86.3 cm³/mol. The molecule has 21 heavy (non-hydrogen) atoms. The maximum Gasteiger partial charge on any atom is 0.134 e. The molecule has 4 heteroatoms. The summed E-state index contributed by atoms with van der Waals surface area (Å²) in [6, 6.07) is 19.1. The number of hydrogen-bond donors (Lipinski definition) is 0. The number of piperazine rings is 1. The molecule has 1 heterocycles. The maximum absolute atomic E-state index is 10.3. The van der Waals surface area contributed by atoms with Crippen molar-refractivity contribution in [1.82, 2.24) is 4.90 Å². The standard InChI is InChI=1S/C17H19N3O/c21-18-14-19-10-12-20(13-11-19)17-8-6-16(7-9-17)15-4-2-1-3-5-15/h1-9H,10-14H2. The first kappa shape index (κ1) is 13.8. The molecule has 0 unspecified atom stereocenters. The summed E-state index contributed by atoms with van der Waals surface area (Å²) in [6.45, 7) is 3.99. The number of benzene rings is 2. The lowest BCUT2D eigenvalue weighted by molar-refractivity contribution is 0.265. The zero-order valence-electron chi connectivity index (χ0n) is 12.0. The first-order valence-corrected chi connectivity index (χ1v) is 7.29. The molecule has 2 aromatic carbocycles. The first-order valence-electron chi connectivity index (χ1n) is 7.29. The number of nitrogens with zero attached hydrogens (tertiary/aromatic N) is 3. The van der Waals surface area contributed by atoms with E-state index in [1.165, 1.54) is 16.8 Å². The second-order valence-corrected chi connectivity index (χ2v) is 5.29. The average molecular weight is 281 g/mol. The molecule has 0 saturated carbocycles. The Morgan fingerprint density at radius 1 is 0.810 bits per heavy atom. The highest BCUT2D eigenvalue weighted by atomic mass is 16.3. The van der Waals surface area contributed by atoms with Crippen LogP contribution in [0.15, 0.2) is 59.8 Å². The highest BCUT2D eigenvalue weighted by molar-refractivity contribution is 5.66. The number of anilines is 1. The van der Waals surface area contributed by atoms with E-state index in [0.717, 1.165) is 26.2 Å². The third kappa shape index (κ3) is 3.28. The zero-order valence-corrected chi connectivity index (χ0v) is 12.0. The van der Waals surface area contributed by atoms with Gasteiger partial charge in [-0.05, 0) is 23.3 Å². The molecule has 4 nitrogen and oxygen atoms in total. The summed E-state index contributed by atoms with van der Waals surface area (Å²) in [7, 11) is 0. The van der Waals surface area contributed by atoms with Crippen LogP contribution in [0.3, 0.4) is 0 Å². The molecule has 0 atom stereocenters. The Morgan fingerprint density at radius 3 is 2.05 bits per heavy atom. The Kier molecular flexibility index (Phi) is 4.26. The molecule has 0 aliphatic carbocycles. The number of hydrogen-bond acceptors (Lipinski definition) is 4. The Hall–Kier alpha value is -2.20. The van der Waals surface area contributed by atoms with Crippen molar-refractivity contribution in [2.75, 3.05) is 37.7 Å². The quantitative estimate of drug-likeness (QED) is 0.807. The van der Waals surface area contributed by atoms with Gasteiger partial charge in [-0.25, -0.2) is 0 Å². The van der Waals surface area contributed by atoms with E-state index < -0.39 is 0 Å². The molecule has 1 saturated heterocycles.